The lowest BCUT2D eigenvalue weighted by molar-refractivity contribution is -0.0238. The summed E-state index contributed by atoms with van der Waals surface area (Å²) >= 11 is 0. The number of likely N-dealkylation sites (N-methyl/N-ethyl adjacent to an activating group) is 1. The molecule has 1 fully saturated rings. The van der Waals surface area contributed by atoms with Gasteiger partial charge in [-0.25, -0.2) is 0 Å². The van der Waals surface area contributed by atoms with E-state index in [-0.39, 0.29) is 6.10 Å². The van der Waals surface area contributed by atoms with E-state index in [1.807, 2.05) is 7.05 Å². The van der Waals surface area contributed by atoms with Crippen LogP contribution in [0.2, 0.25) is 0 Å². The van der Waals surface area contributed by atoms with Crippen LogP contribution in [0.1, 0.15) is 18.4 Å². The number of ether oxygens (including phenoxy) is 2. The third kappa shape index (κ3) is 4.77. The van der Waals surface area contributed by atoms with Crippen LogP contribution in [-0.2, 0) is 16.0 Å². The summed E-state index contributed by atoms with van der Waals surface area (Å²) in [5, 5.41) is 12.7. The lowest BCUT2D eigenvalue weighted by Gasteiger charge is -2.22. The van der Waals surface area contributed by atoms with Crippen molar-refractivity contribution in [2.75, 3.05) is 33.4 Å². The highest BCUT2D eigenvalue weighted by Crippen LogP contribution is 2.19. The van der Waals surface area contributed by atoms with E-state index in [1.54, 1.807) is 0 Å². The predicted molar refractivity (Wildman–Crippen MR) is 96.1 cm³/mol. The molecule has 2 aromatic carbocycles. The van der Waals surface area contributed by atoms with E-state index >= 15 is 0 Å². The maximum absolute atomic E-state index is 10.2. The molecule has 2 aromatic rings. The first kappa shape index (κ1) is 17.4. The molecule has 2 atom stereocenters. The van der Waals surface area contributed by atoms with E-state index < -0.39 is 6.10 Å². The van der Waals surface area contributed by atoms with Crippen LogP contribution in [0.15, 0.2) is 42.5 Å². The molecule has 0 aromatic heterocycles. The minimum Gasteiger partial charge on any atom is -0.389 e. The number of aliphatic hydroxyl groups is 1. The molecule has 2 unspecified atom stereocenters. The minimum atomic E-state index is -0.480. The minimum absolute atomic E-state index is 0.214. The molecule has 0 saturated carbocycles. The zero-order chi connectivity index (χ0) is 16.8. The molecule has 0 aliphatic carbocycles. The fourth-order valence-electron chi connectivity index (χ4n) is 3.31. The molecule has 4 heteroatoms. The fourth-order valence-corrected chi connectivity index (χ4v) is 3.31. The highest BCUT2D eigenvalue weighted by molar-refractivity contribution is 5.85. The van der Waals surface area contributed by atoms with Crippen LogP contribution >= 0.6 is 0 Å². The van der Waals surface area contributed by atoms with Gasteiger partial charge in [0.05, 0.1) is 25.4 Å². The SMILES string of the molecule is CN(Cc1cccc2ccccc12)CC(O)COCC1CCCO1. The number of aliphatic hydroxyl groups excluding tert-OH is 1. The van der Waals surface area contributed by atoms with Crippen molar-refractivity contribution in [3.63, 3.8) is 0 Å². The first-order valence-electron chi connectivity index (χ1n) is 8.75. The molecule has 0 radical (unpaired) electrons. The fraction of sp³-hybridized carbons (Fsp3) is 0.500. The summed E-state index contributed by atoms with van der Waals surface area (Å²) in [6, 6.07) is 14.8. The molecule has 1 saturated heterocycles. The number of hydrogen-bond acceptors (Lipinski definition) is 4. The van der Waals surface area contributed by atoms with Crippen molar-refractivity contribution in [1.29, 1.82) is 0 Å². The maximum atomic E-state index is 10.2. The van der Waals surface area contributed by atoms with Gasteiger partial charge in [0.15, 0.2) is 0 Å². The monoisotopic (exact) mass is 329 g/mol. The average Bonchev–Trinajstić information content (AvgIpc) is 3.08. The van der Waals surface area contributed by atoms with Crippen molar-refractivity contribution >= 4 is 10.8 Å². The smallest absolute Gasteiger partial charge is 0.0900 e. The molecule has 1 heterocycles. The topological polar surface area (TPSA) is 41.9 Å². The Morgan fingerprint density at radius 2 is 2.08 bits per heavy atom. The van der Waals surface area contributed by atoms with Gasteiger partial charge in [-0.2, -0.15) is 0 Å². The van der Waals surface area contributed by atoms with Gasteiger partial charge in [-0.05, 0) is 36.2 Å². The zero-order valence-corrected chi connectivity index (χ0v) is 14.4. The summed E-state index contributed by atoms with van der Waals surface area (Å²) in [5.41, 5.74) is 1.28. The largest absolute Gasteiger partial charge is 0.389 e. The molecule has 1 N–H and O–H groups in total. The van der Waals surface area contributed by atoms with Gasteiger partial charge in [0.1, 0.15) is 0 Å². The van der Waals surface area contributed by atoms with Crippen molar-refractivity contribution in [3.8, 4) is 0 Å². The van der Waals surface area contributed by atoms with E-state index in [1.165, 1.54) is 16.3 Å². The quantitative estimate of drug-likeness (QED) is 0.809. The molecule has 0 spiro atoms. The van der Waals surface area contributed by atoms with E-state index in [2.05, 4.69) is 47.4 Å². The zero-order valence-electron chi connectivity index (χ0n) is 14.4. The van der Waals surface area contributed by atoms with E-state index in [4.69, 9.17) is 9.47 Å². The highest BCUT2D eigenvalue weighted by atomic mass is 16.5. The third-order valence-corrected chi connectivity index (χ3v) is 4.48. The van der Waals surface area contributed by atoms with Gasteiger partial charge in [-0.3, -0.25) is 4.90 Å². The molecule has 24 heavy (non-hydrogen) atoms. The van der Waals surface area contributed by atoms with Crippen molar-refractivity contribution in [3.05, 3.63) is 48.0 Å². The van der Waals surface area contributed by atoms with Gasteiger partial charge in [-0.15, -0.1) is 0 Å². The molecule has 0 amide bonds. The molecular formula is C20H27NO3. The number of nitrogens with zero attached hydrogens (tertiary/aromatic N) is 1. The summed E-state index contributed by atoms with van der Waals surface area (Å²) in [4.78, 5) is 2.14. The van der Waals surface area contributed by atoms with Gasteiger partial charge in [-0.1, -0.05) is 42.5 Å². The van der Waals surface area contributed by atoms with Crippen LogP contribution in [0.25, 0.3) is 10.8 Å². The highest BCUT2D eigenvalue weighted by Gasteiger charge is 2.16. The Morgan fingerprint density at radius 1 is 1.25 bits per heavy atom. The van der Waals surface area contributed by atoms with Gasteiger partial charge in [0.2, 0.25) is 0 Å². The van der Waals surface area contributed by atoms with Crippen LogP contribution in [0, 0.1) is 0 Å². The molecule has 0 bridgehead atoms. The van der Waals surface area contributed by atoms with Gasteiger partial charge < -0.3 is 14.6 Å². The standard InChI is InChI=1S/C20H27NO3/c1-21(13-18(22)14-23-15-19-9-5-11-24-19)12-17-8-4-7-16-6-2-3-10-20(16)17/h2-4,6-8,10,18-19,22H,5,9,11-15H2,1H3. The van der Waals surface area contributed by atoms with Crippen LogP contribution < -0.4 is 0 Å². The van der Waals surface area contributed by atoms with E-state index in [9.17, 15) is 5.11 Å². The first-order chi connectivity index (χ1) is 11.7. The summed E-state index contributed by atoms with van der Waals surface area (Å²) in [5.74, 6) is 0. The molecule has 130 valence electrons. The number of rotatable bonds is 8. The van der Waals surface area contributed by atoms with Crippen molar-refractivity contribution in [2.45, 2.75) is 31.6 Å². The second kappa shape index (κ2) is 8.58. The van der Waals surface area contributed by atoms with Crippen molar-refractivity contribution in [2.24, 2.45) is 0 Å². The number of benzene rings is 2. The molecule has 3 rings (SSSR count). The van der Waals surface area contributed by atoms with Gasteiger partial charge in [0, 0.05) is 19.7 Å². The second-order valence-electron chi connectivity index (χ2n) is 6.66. The Kier molecular flexibility index (Phi) is 6.21. The summed E-state index contributed by atoms with van der Waals surface area (Å²) in [6.45, 7) is 3.19. The molecule has 4 nitrogen and oxygen atoms in total. The normalized spacial score (nSPS) is 19.2. The Hall–Kier alpha value is -1.46. The summed E-state index contributed by atoms with van der Waals surface area (Å²) < 4.78 is 11.1. The maximum Gasteiger partial charge on any atom is 0.0900 e. The lowest BCUT2D eigenvalue weighted by atomic mass is 10.0. The van der Waals surface area contributed by atoms with Crippen LogP contribution in [0.5, 0.6) is 0 Å². The molecule has 1 aliphatic rings. The van der Waals surface area contributed by atoms with Gasteiger partial charge >= 0.3 is 0 Å². The number of fused-ring (bicyclic) bond motifs is 1. The predicted octanol–water partition coefficient (Wildman–Crippen LogP) is 2.83. The molecule has 1 aliphatic heterocycles. The first-order valence-corrected chi connectivity index (χ1v) is 8.75. The lowest BCUT2D eigenvalue weighted by Crippen LogP contribution is -2.32. The van der Waals surface area contributed by atoms with E-state index in [0.717, 1.165) is 26.0 Å². The second-order valence-corrected chi connectivity index (χ2v) is 6.66. The van der Waals surface area contributed by atoms with E-state index in [0.29, 0.717) is 19.8 Å². The summed E-state index contributed by atoms with van der Waals surface area (Å²) in [7, 11) is 2.03. The summed E-state index contributed by atoms with van der Waals surface area (Å²) in [6.07, 6.45) is 1.92. The van der Waals surface area contributed by atoms with Crippen LogP contribution in [0.3, 0.4) is 0 Å². The van der Waals surface area contributed by atoms with Crippen molar-refractivity contribution in [1.82, 2.24) is 4.90 Å². The Labute approximate surface area is 144 Å². The third-order valence-electron chi connectivity index (χ3n) is 4.48. The van der Waals surface area contributed by atoms with Gasteiger partial charge in [0.25, 0.3) is 0 Å². The Bertz CT molecular complexity index is 634. The number of hydrogen-bond donors (Lipinski definition) is 1. The van der Waals surface area contributed by atoms with Crippen LogP contribution in [0.4, 0.5) is 0 Å². The van der Waals surface area contributed by atoms with Crippen molar-refractivity contribution < 1.29 is 14.6 Å². The Morgan fingerprint density at radius 3 is 2.92 bits per heavy atom. The Balaban J connectivity index is 1.46. The van der Waals surface area contributed by atoms with Crippen LogP contribution in [-0.4, -0.2) is 55.6 Å². The average molecular weight is 329 g/mol. The molecular weight excluding hydrogens is 302 g/mol.